The first kappa shape index (κ1) is 16.1. The molecule has 1 amide bonds. The van der Waals surface area contributed by atoms with Crippen molar-refractivity contribution in [1.82, 2.24) is 9.80 Å². The van der Waals surface area contributed by atoms with Gasteiger partial charge >= 0.3 is 6.18 Å². The lowest BCUT2D eigenvalue weighted by Crippen LogP contribution is -2.50. The van der Waals surface area contributed by atoms with Crippen LogP contribution < -0.4 is 0 Å². The monoisotopic (exact) mass is 320 g/mol. The molecule has 1 aliphatic rings. The Bertz CT molecular complexity index is 499. The maximum atomic E-state index is 12.3. The molecule has 0 N–H and O–H groups in total. The molecule has 1 saturated heterocycles. The van der Waals surface area contributed by atoms with E-state index in [1.54, 1.807) is 23.1 Å². The highest BCUT2D eigenvalue weighted by Crippen LogP contribution is 2.18. The van der Waals surface area contributed by atoms with Crippen LogP contribution in [0.4, 0.5) is 13.2 Å². The zero-order valence-corrected chi connectivity index (χ0v) is 12.1. The van der Waals surface area contributed by atoms with Crippen molar-refractivity contribution in [2.75, 3.05) is 32.7 Å². The Balaban J connectivity index is 1.94. The predicted octanol–water partition coefficient (Wildman–Crippen LogP) is 2.75. The van der Waals surface area contributed by atoms with E-state index in [2.05, 4.69) is 0 Å². The largest absolute Gasteiger partial charge is 0.401 e. The quantitative estimate of drug-likeness (QED) is 0.800. The van der Waals surface area contributed by atoms with Crippen LogP contribution in [0.1, 0.15) is 15.9 Å². The fraction of sp³-hybridized carbons (Fsp3) is 0.500. The third-order valence-electron chi connectivity index (χ3n) is 3.39. The van der Waals surface area contributed by atoms with Gasteiger partial charge in [-0.05, 0) is 17.7 Å². The topological polar surface area (TPSA) is 23.6 Å². The fourth-order valence-electron chi connectivity index (χ4n) is 2.33. The lowest BCUT2D eigenvalue weighted by Gasteiger charge is -2.35. The molecule has 3 nitrogen and oxygen atoms in total. The Kier molecular flexibility index (Phi) is 5.11. The number of carbonyl (C=O) groups is 1. The van der Waals surface area contributed by atoms with E-state index in [-0.39, 0.29) is 19.0 Å². The molecule has 2 rings (SSSR count). The lowest BCUT2D eigenvalue weighted by atomic mass is 10.1. The van der Waals surface area contributed by atoms with Crippen LogP contribution in [0.5, 0.6) is 0 Å². The molecule has 0 atom stereocenters. The van der Waals surface area contributed by atoms with Crippen molar-refractivity contribution in [2.45, 2.75) is 12.1 Å². The van der Waals surface area contributed by atoms with Crippen LogP contribution in [0.25, 0.3) is 0 Å². The van der Waals surface area contributed by atoms with Crippen LogP contribution in [0.3, 0.4) is 0 Å². The number of piperazine rings is 1. The second-order valence-corrected chi connectivity index (χ2v) is 5.28. The first-order chi connectivity index (χ1) is 9.89. The van der Waals surface area contributed by atoms with Crippen LogP contribution in [-0.2, 0) is 5.88 Å². The maximum absolute atomic E-state index is 12.3. The van der Waals surface area contributed by atoms with Crippen molar-refractivity contribution in [3.63, 3.8) is 0 Å². The third kappa shape index (κ3) is 4.61. The van der Waals surface area contributed by atoms with Crippen molar-refractivity contribution in [3.8, 4) is 0 Å². The molecule has 7 heteroatoms. The van der Waals surface area contributed by atoms with E-state index in [0.717, 1.165) is 5.56 Å². The number of hydrogen-bond donors (Lipinski definition) is 0. The number of benzene rings is 1. The lowest BCUT2D eigenvalue weighted by molar-refractivity contribution is -0.148. The number of rotatable bonds is 3. The molecule has 1 aliphatic heterocycles. The van der Waals surface area contributed by atoms with Gasteiger partial charge in [0.15, 0.2) is 0 Å². The third-order valence-corrected chi connectivity index (χ3v) is 3.70. The summed E-state index contributed by atoms with van der Waals surface area (Å²) in [5, 5.41) is 0. The Labute approximate surface area is 126 Å². The highest BCUT2D eigenvalue weighted by atomic mass is 35.5. The van der Waals surface area contributed by atoms with Crippen LogP contribution in [0.2, 0.25) is 0 Å². The summed E-state index contributed by atoms with van der Waals surface area (Å²) >= 11 is 5.73. The molecule has 0 unspecified atom stereocenters. The number of alkyl halides is 4. The summed E-state index contributed by atoms with van der Waals surface area (Å²) in [6.07, 6.45) is -4.19. The van der Waals surface area contributed by atoms with Gasteiger partial charge in [0, 0.05) is 37.6 Å². The van der Waals surface area contributed by atoms with Gasteiger partial charge < -0.3 is 4.90 Å². The number of carbonyl (C=O) groups excluding carboxylic acids is 1. The summed E-state index contributed by atoms with van der Waals surface area (Å²) in [6, 6.07) is 6.99. The zero-order chi connectivity index (χ0) is 15.5. The highest BCUT2D eigenvalue weighted by Gasteiger charge is 2.32. The molecule has 1 aromatic rings. The molecule has 1 aromatic carbocycles. The van der Waals surface area contributed by atoms with Gasteiger partial charge in [0.25, 0.3) is 5.91 Å². The molecule has 0 bridgehead atoms. The van der Waals surface area contributed by atoms with E-state index < -0.39 is 12.7 Å². The van der Waals surface area contributed by atoms with Gasteiger partial charge in [-0.15, -0.1) is 11.6 Å². The number of nitrogens with zero attached hydrogens (tertiary/aromatic N) is 2. The highest BCUT2D eigenvalue weighted by molar-refractivity contribution is 6.17. The minimum Gasteiger partial charge on any atom is -0.336 e. The van der Waals surface area contributed by atoms with Gasteiger partial charge in [0.1, 0.15) is 0 Å². The molecule has 1 fully saturated rings. The minimum absolute atomic E-state index is 0.159. The summed E-state index contributed by atoms with van der Waals surface area (Å²) in [5.74, 6) is 0.161. The second-order valence-electron chi connectivity index (χ2n) is 5.02. The molecule has 116 valence electrons. The predicted molar refractivity (Wildman–Crippen MR) is 74.4 cm³/mol. The number of amides is 1. The molecule has 0 spiro atoms. The summed E-state index contributed by atoms with van der Waals surface area (Å²) in [4.78, 5) is 15.2. The van der Waals surface area contributed by atoms with E-state index in [0.29, 0.717) is 24.5 Å². The maximum Gasteiger partial charge on any atom is 0.401 e. The van der Waals surface area contributed by atoms with Crippen molar-refractivity contribution < 1.29 is 18.0 Å². The smallest absolute Gasteiger partial charge is 0.336 e. The van der Waals surface area contributed by atoms with Crippen LogP contribution in [-0.4, -0.2) is 54.6 Å². The summed E-state index contributed by atoms with van der Waals surface area (Å²) < 4.78 is 36.9. The summed E-state index contributed by atoms with van der Waals surface area (Å²) in [7, 11) is 0. The first-order valence-electron chi connectivity index (χ1n) is 6.62. The van der Waals surface area contributed by atoms with Gasteiger partial charge in [-0.25, -0.2) is 0 Å². The molecular weight excluding hydrogens is 305 g/mol. The van der Waals surface area contributed by atoms with E-state index in [9.17, 15) is 18.0 Å². The van der Waals surface area contributed by atoms with Gasteiger partial charge in [-0.1, -0.05) is 12.1 Å². The van der Waals surface area contributed by atoms with Crippen molar-refractivity contribution in [2.24, 2.45) is 0 Å². The van der Waals surface area contributed by atoms with Crippen LogP contribution >= 0.6 is 11.6 Å². The minimum atomic E-state index is -4.19. The van der Waals surface area contributed by atoms with E-state index >= 15 is 0 Å². The second kappa shape index (κ2) is 6.66. The average Bonchev–Trinajstić information content (AvgIpc) is 2.46. The number of halogens is 4. The zero-order valence-electron chi connectivity index (χ0n) is 11.4. The van der Waals surface area contributed by atoms with E-state index in [1.165, 1.54) is 4.90 Å². The molecule has 1 heterocycles. The SMILES string of the molecule is O=C(c1cccc(CCl)c1)N1CCN(CC(F)(F)F)CC1. The molecule has 0 aromatic heterocycles. The molecule has 0 radical (unpaired) electrons. The van der Waals surface area contributed by atoms with Gasteiger partial charge in [-0.2, -0.15) is 13.2 Å². The Hall–Kier alpha value is -1.27. The van der Waals surface area contributed by atoms with Crippen molar-refractivity contribution >= 4 is 17.5 Å². The molecule has 0 saturated carbocycles. The van der Waals surface area contributed by atoms with E-state index in [1.807, 2.05) is 6.07 Å². The standard InChI is InChI=1S/C14H16ClF3N2O/c15-9-11-2-1-3-12(8-11)13(21)20-6-4-19(5-7-20)10-14(16,17)18/h1-3,8H,4-7,9-10H2. The average molecular weight is 321 g/mol. The van der Waals surface area contributed by atoms with Crippen LogP contribution in [0.15, 0.2) is 24.3 Å². The molecule has 0 aliphatic carbocycles. The summed E-state index contributed by atoms with van der Waals surface area (Å²) in [6.45, 7) is 0.164. The fourth-order valence-corrected chi connectivity index (χ4v) is 2.50. The first-order valence-corrected chi connectivity index (χ1v) is 7.16. The van der Waals surface area contributed by atoms with Gasteiger partial charge in [0.2, 0.25) is 0 Å². The van der Waals surface area contributed by atoms with Crippen molar-refractivity contribution in [1.29, 1.82) is 0 Å². The summed E-state index contributed by atoms with van der Waals surface area (Å²) in [5.41, 5.74) is 1.37. The van der Waals surface area contributed by atoms with E-state index in [4.69, 9.17) is 11.6 Å². The Morgan fingerprint density at radius 1 is 1.19 bits per heavy atom. The number of hydrogen-bond acceptors (Lipinski definition) is 2. The van der Waals surface area contributed by atoms with Crippen LogP contribution in [0, 0.1) is 0 Å². The Morgan fingerprint density at radius 2 is 1.86 bits per heavy atom. The molecule has 21 heavy (non-hydrogen) atoms. The van der Waals surface area contributed by atoms with Gasteiger partial charge in [-0.3, -0.25) is 9.69 Å². The van der Waals surface area contributed by atoms with Gasteiger partial charge in [0.05, 0.1) is 6.54 Å². The Morgan fingerprint density at radius 3 is 2.43 bits per heavy atom. The molecular formula is C14H16ClF3N2O. The normalized spacial score (nSPS) is 17.0. The van der Waals surface area contributed by atoms with Crippen molar-refractivity contribution in [3.05, 3.63) is 35.4 Å².